The van der Waals surface area contributed by atoms with Crippen LogP contribution < -0.4 is 0 Å². The van der Waals surface area contributed by atoms with Crippen LogP contribution in [0.25, 0.3) is 0 Å². The zero-order chi connectivity index (χ0) is 19.9. The normalized spacial score (nSPS) is 13.5. The second kappa shape index (κ2) is 9.49. The van der Waals surface area contributed by atoms with E-state index in [1.165, 1.54) is 30.0 Å². The first-order chi connectivity index (χ1) is 12.1. The number of likely N-dealkylation sites (N-methyl/N-ethyl adjacent to an activating group) is 1. The Morgan fingerprint density at radius 3 is 2.31 bits per heavy atom. The fourth-order valence-electron chi connectivity index (χ4n) is 2.07. The minimum atomic E-state index is -3.27. The van der Waals surface area contributed by atoms with Crippen molar-refractivity contribution < 1.29 is 27.5 Å². The van der Waals surface area contributed by atoms with Gasteiger partial charge in [0.1, 0.15) is 0 Å². The molecule has 0 aromatic heterocycles. The molecule has 0 aliphatic carbocycles. The van der Waals surface area contributed by atoms with Crippen LogP contribution in [0.3, 0.4) is 0 Å². The molecular formula is C18H25NO6S. The van der Waals surface area contributed by atoms with E-state index >= 15 is 0 Å². The number of hydrogen-bond donors (Lipinski definition) is 0. The lowest BCUT2D eigenvalue weighted by Gasteiger charge is -2.25. The molecule has 0 fully saturated rings. The molecule has 7 nitrogen and oxygen atoms in total. The summed E-state index contributed by atoms with van der Waals surface area (Å²) in [4.78, 5) is 25.6. The predicted molar refractivity (Wildman–Crippen MR) is 97.3 cm³/mol. The number of ether oxygens (including phenoxy) is 2. The van der Waals surface area contributed by atoms with Crippen molar-refractivity contribution in [1.82, 2.24) is 4.90 Å². The second-order valence-electron chi connectivity index (χ2n) is 5.89. The monoisotopic (exact) mass is 383 g/mol. The first kappa shape index (κ1) is 21.9. The van der Waals surface area contributed by atoms with Gasteiger partial charge in [-0.15, -0.1) is 6.58 Å². The Kier molecular flexibility index (Phi) is 7.98. The molecule has 0 saturated carbocycles. The Bertz CT molecular complexity index is 741. The lowest BCUT2D eigenvalue weighted by atomic mass is 10.1. The second-order valence-corrected chi connectivity index (χ2v) is 7.91. The van der Waals surface area contributed by atoms with Gasteiger partial charge in [0, 0.05) is 13.3 Å². The topological polar surface area (TPSA) is 90.0 Å². The number of sulfone groups is 1. The molecule has 1 rings (SSSR count). The van der Waals surface area contributed by atoms with E-state index in [1.807, 2.05) is 0 Å². The van der Waals surface area contributed by atoms with E-state index in [4.69, 9.17) is 9.47 Å². The summed E-state index contributed by atoms with van der Waals surface area (Å²) in [6.45, 7) is 6.63. The Balaban J connectivity index is 2.64. The van der Waals surface area contributed by atoms with Crippen molar-refractivity contribution in [3.8, 4) is 0 Å². The van der Waals surface area contributed by atoms with Crippen LogP contribution in [0.2, 0.25) is 0 Å². The highest BCUT2D eigenvalue weighted by Gasteiger charge is 2.21. The standard InChI is InChI=1S/C18H25NO6S/c1-6-11-24-14(3)18(21)25-12-17(20)19(4)13(2)15-7-9-16(10-8-15)26(5,22)23/h6-10,13-14H,1,11-12H2,2-5H3. The van der Waals surface area contributed by atoms with Gasteiger partial charge in [-0.2, -0.15) is 0 Å². The molecule has 0 bridgehead atoms. The van der Waals surface area contributed by atoms with Crippen molar-refractivity contribution in [1.29, 1.82) is 0 Å². The molecule has 144 valence electrons. The quantitative estimate of drug-likeness (QED) is 0.477. The highest BCUT2D eigenvalue weighted by Crippen LogP contribution is 2.21. The van der Waals surface area contributed by atoms with Crippen molar-refractivity contribution in [3.05, 3.63) is 42.5 Å². The number of rotatable bonds is 9. The lowest BCUT2D eigenvalue weighted by Crippen LogP contribution is -2.35. The Morgan fingerprint density at radius 1 is 1.23 bits per heavy atom. The number of carbonyl (C=O) groups is 2. The molecule has 2 unspecified atom stereocenters. The molecule has 0 saturated heterocycles. The third-order valence-corrected chi connectivity index (χ3v) is 5.03. The van der Waals surface area contributed by atoms with Gasteiger partial charge in [0.15, 0.2) is 22.5 Å². The Morgan fingerprint density at radius 2 is 1.81 bits per heavy atom. The van der Waals surface area contributed by atoms with E-state index in [0.717, 1.165) is 11.8 Å². The van der Waals surface area contributed by atoms with Crippen molar-refractivity contribution in [2.75, 3.05) is 26.5 Å². The number of amides is 1. The van der Waals surface area contributed by atoms with Gasteiger partial charge < -0.3 is 14.4 Å². The van der Waals surface area contributed by atoms with E-state index < -0.39 is 28.5 Å². The van der Waals surface area contributed by atoms with E-state index in [2.05, 4.69) is 6.58 Å². The largest absolute Gasteiger partial charge is 0.454 e. The predicted octanol–water partition coefficient (Wildman–Crippen LogP) is 1.74. The molecule has 2 atom stereocenters. The Labute approximate surface area is 154 Å². The van der Waals surface area contributed by atoms with Crippen LogP contribution in [0.1, 0.15) is 25.5 Å². The zero-order valence-electron chi connectivity index (χ0n) is 15.5. The smallest absolute Gasteiger partial charge is 0.335 e. The molecular weight excluding hydrogens is 358 g/mol. The minimum Gasteiger partial charge on any atom is -0.454 e. The molecule has 1 amide bonds. The van der Waals surface area contributed by atoms with Crippen LogP contribution in [0.15, 0.2) is 41.8 Å². The molecule has 8 heteroatoms. The third-order valence-electron chi connectivity index (χ3n) is 3.90. The average molecular weight is 383 g/mol. The van der Waals surface area contributed by atoms with E-state index in [9.17, 15) is 18.0 Å². The van der Waals surface area contributed by atoms with Crippen LogP contribution in [0.5, 0.6) is 0 Å². The summed E-state index contributed by atoms with van der Waals surface area (Å²) in [5.74, 6) is -1.01. The summed E-state index contributed by atoms with van der Waals surface area (Å²) in [6, 6.07) is 5.99. The molecule has 1 aromatic carbocycles. The van der Waals surface area contributed by atoms with Crippen molar-refractivity contribution in [2.24, 2.45) is 0 Å². The number of benzene rings is 1. The maximum absolute atomic E-state index is 12.2. The molecule has 0 N–H and O–H groups in total. The number of carbonyl (C=O) groups excluding carboxylic acids is 2. The SMILES string of the molecule is C=CCOC(C)C(=O)OCC(=O)N(C)C(C)c1ccc(S(C)(=O)=O)cc1. The van der Waals surface area contributed by atoms with Gasteiger partial charge in [0.25, 0.3) is 5.91 Å². The zero-order valence-corrected chi connectivity index (χ0v) is 16.3. The van der Waals surface area contributed by atoms with Crippen LogP contribution in [0, 0.1) is 0 Å². The number of nitrogens with zero attached hydrogens (tertiary/aromatic N) is 1. The van der Waals surface area contributed by atoms with Gasteiger partial charge in [-0.1, -0.05) is 18.2 Å². The highest BCUT2D eigenvalue weighted by molar-refractivity contribution is 7.90. The average Bonchev–Trinajstić information content (AvgIpc) is 2.61. The maximum atomic E-state index is 12.2. The molecule has 0 aliphatic heterocycles. The number of esters is 1. The summed E-state index contributed by atoms with van der Waals surface area (Å²) in [5, 5.41) is 0. The van der Waals surface area contributed by atoms with Crippen molar-refractivity contribution in [2.45, 2.75) is 30.9 Å². The Hall–Kier alpha value is -2.19. The van der Waals surface area contributed by atoms with Gasteiger partial charge in [0.05, 0.1) is 17.5 Å². The van der Waals surface area contributed by atoms with E-state index in [-0.39, 0.29) is 23.5 Å². The van der Waals surface area contributed by atoms with Crippen molar-refractivity contribution in [3.63, 3.8) is 0 Å². The van der Waals surface area contributed by atoms with E-state index in [0.29, 0.717) is 0 Å². The summed E-state index contributed by atoms with van der Waals surface area (Å²) < 4.78 is 33.1. The highest BCUT2D eigenvalue weighted by atomic mass is 32.2. The van der Waals surface area contributed by atoms with Gasteiger partial charge in [-0.05, 0) is 31.5 Å². The third kappa shape index (κ3) is 6.27. The van der Waals surface area contributed by atoms with E-state index in [1.54, 1.807) is 26.1 Å². The van der Waals surface area contributed by atoms with Gasteiger partial charge in [-0.3, -0.25) is 4.79 Å². The summed E-state index contributed by atoms with van der Waals surface area (Å²) in [5.41, 5.74) is 0.766. The summed E-state index contributed by atoms with van der Waals surface area (Å²) >= 11 is 0. The fourth-order valence-corrected chi connectivity index (χ4v) is 2.70. The van der Waals surface area contributed by atoms with Gasteiger partial charge in [-0.25, -0.2) is 13.2 Å². The fraction of sp³-hybridized carbons (Fsp3) is 0.444. The number of hydrogen-bond acceptors (Lipinski definition) is 6. The first-order valence-electron chi connectivity index (χ1n) is 8.02. The molecule has 0 spiro atoms. The molecule has 0 radical (unpaired) electrons. The van der Waals surface area contributed by atoms with Gasteiger partial charge >= 0.3 is 5.97 Å². The maximum Gasteiger partial charge on any atom is 0.335 e. The molecule has 1 aromatic rings. The summed E-state index contributed by atoms with van der Waals surface area (Å²) in [6.07, 6.45) is 1.86. The van der Waals surface area contributed by atoms with Gasteiger partial charge in [0.2, 0.25) is 0 Å². The van der Waals surface area contributed by atoms with Crippen LogP contribution in [0.4, 0.5) is 0 Å². The molecule has 0 heterocycles. The van der Waals surface area contributed by atoms with Crippen molar-refractivity contribution >= 4 is 21.7 Å². The first-order valence-corrected chi connectivity index (χ1v) is 9.92. The molecule has 26 heavy (non-hydrogen) atoms. The van der Waals surface area contributed by atoms with Crippen LogP contribution in [-0.4, -0.2) is 57.8 Å². The summed E-state index contributed by atoms with van der Waals surface area (Å²) in [7, 11) is -1.68. The van der Waals surface area contributed by atoms with Crippen LogP contribution >= 0.6 is 0 Å². The lowest BCUT2D eigenvalue weighted by molar-refractivity contribution is -0.160. The molecule has 0 aliphatic rings. The minimum absolute atomic E-state index is 0.213. The van der Waals surface area contributed by atoms with Crippen LogP contribution in [-0.2, 0) is 28.9 Å².